The zero-order chi connectivity index (χ0) is 14.9. The van der Waals surface area contributed by atoms with E-state index in [4.69, 9.17) is 0 Å². The van der Waals surface area contributed by atoms with Crippen molar-refractivity contribution in [2.45, 2.75) is 12.7 Å². The van der Waals surface area contributed by atoms with Gasteiger partial charge in [0, 0.05) is 17.1 Å². The fourth-order valence-electron chi connectivity index (χ4n) is 2.40. The van der Waals surface area contributed by atoms with Gasteiger partial charge in [-0.25, -0.2) is 8.42 Å². The van der Waals surface area contributed by atoms with Gasteiger partial charge in [0.05, 0.1) is 11.4 Å². The van der Waals surface area contributed by atoms with E-state index in [1.165, 1.54) is 0 Å². The molecule has 0 aliphatic heterocycles. The SMILES string of the molecule is Cc1cccc(CS(=O)(=O)Nc2cccc3[nH]ccc23)c1. The molecular weight excluding hydrogens is 284 g/mol. The normalized spacial score (nSPS) is 11.7. The minimum Gasteiger partial charge on any atom is -0.361 e. The van der Waals surface area contributed by atoms with Crippen LogP contribution in [-0.4, -0.2) is 13.4 Å². The molecule has 0 fully saturated rings. The van der Waals surface area contributed by atoms with Crippen LogP contribution in [0.4, 0.5) is 5.69 Å². The Morgan fingerprint density at radius 1 is 1.10 bits per heavy atom. The molecule has 21 heavy (non-hydrogen) atoms. The van der Waals surface area contributed by atoms with E-state index in [0.717, 1.165) is 22.0 Å². The first kappa shape index (κ1) is 13.7. The Labute approximate surface area is 123 Å². The third-order valence-corrected chi connectivity index (χ3v) is 4.54. The van der Waals surface area contributed by atoms with Crippen LogP contribution >= 0.6 is 0 Å². The molecule has 0 aliphatic carbocycles. The van der Waals surface area contributed by atoms with Gasteiger partial charge in [0.25, 0.3) is 0 Å². The summed E-state index contributed by atoms with van der Waals surface area (Å²) in [5.41, 5.74) is 3.34. The van der Waals surface area contributed by atoms with E-state index in [1.54, 1.807) is 12.3 Å². The Morgan fingerprint density at radius 2 is 1.90 bits per heavy atom. The number of hydrogen-bond acceptors (Lipinski definition) is 2. The van der Waals surface area contributed by atoms with Crippen LogP contribution < -0.4 is 4.72 Å². The number of benzene rings is 2. The average molecular weight is 300 g/mol. The Balaban J connectivity index is 1.88. The third kappa shape index (κ3) is 3.08. The summed E-state index contributed by atoms with van der Waals surface area (Å²) < 4.78 is 27.3. The van der Waals surface area contributed by atoms with E-state index in [-0.39, 0.29) is 5.75 Å². The van der Waals surface area contributed by atoms with Gasteiger partial charge in [-0.3, -0.25) is 4.72 Å². The first-order valence-corrected chi connectivity index (χ1v) is 8.31. The van der Waals surface area contributed by atoms with E-state index in [0.29, 0.717) is 5.69 Å². The summed E-state index contributed by atoms with van der Waals surface area (Å²) >= 11 is 0. The largest absolute Gasteiger partial charge is 0.361 e. The van der Waals surface area contributed by atoms with Crippen LogP contribution in [0.2, 0.25) is 0 Å². The van der Waals surface area contributed by atoms with E-state index in [2.05, 4.69) is 9.71 Å². The molecule has 4 nitrogen and oxygen atoms in total. The minimum atomic E-state index is -3.44. The lowest BCUT2D eigenvalue weighted by Gasteiger charge is -2.09. The number of H-pyrrole nitrogens is 1. The summed E-state index contributed by atoms with van der Waals surface area (Å²) in [4.78, 5) is 3.07. The van der Waals surface area contributed by atoms with Crippen LogP contribution in [0.3, 0.4) is 0 Å². The Hall–Kier alpha value is -2.27. The number of hydrogen-bond donors (Lipinski definition) is 2. The second-order valence-corrected chi connectivity index (χ2v) is 6.82. The van der Waals surface area contributed by atoms with Crippen molar-refractivity contribution in [3.8, 4) is 0 Å². The van der Waals surface area contributed by atoms with Gasteiger partial charge in [0.1, 0.15) is 0 Å². The van der Waals surface area contributed by atoms with Gasteiger partial charge in [-0.1, -0.05) is 35.9 Å². The molecule has 0 spiro atoms. The van der Waals surface area contributed by atoms with E-state index < -0.39 is 10.0 Å². The quantitative estimate of drug-likeness (QED) is 0.775. The van der Waals surface area contributed by atoms with Gasteiger partial charge in [-0.2, -0.15) is 0 Å². The molecule has 0 atom stereocenters. The van der Waals surface area contributed by atoms with Crippen molar-refractivity contribution in [3.05, 3.63) is 65.9 Å². The molecule has 2 aromatic carbocycles. The number of aryl methyl sites for hydroxylation is 1. The summed E-state index contributed by atoms with van der Waals surface area (Å²) in [5.74, 6) is -0.0323. The predicted octanol–water partition coefficient (Wildman–Crippen LogP) is 3.42. The first-order chi connectivity index (χ1) is 10.0. The van der Waals surface area contributed by atoms with E-state index in [9.17, 15) is 8.42 Å². The molecule has 5 heteroatoms. The molecule has 0 aliphatic rings. The van der Waals surface area contributed by atoms with Crippen molar-refractivity contribution >= 4 is 26.6 Å². The average Bonchev–Trinajstić information content (AvgIpc) is 2.87. The maximum atomic E-state index is 12.3. The molecule has 0 saturated carbocycles. The van der Waals surface area contributed by atoms with Gasteiger partial charge in [-0.15, -0.1) is 0 Å². The fraction of sp³-hybridized carbons (Fsp3) is 0.125. The number of aromatic amines is 1. The zero-order valence-corrected chi connectivity index (χ0v) is 12.4. The molecule has 0 unspecified atom stereocenters. The third-order valence-electron chi connectivity index (χ3n) is 3.30. The molecule has 0 saturated heterocycles. The number of anilines is 1. The number of fused-ring (bicyclic) bond motifs is 1. The number of sulfonamides is 1. The van der Waals surface area contributed by atoms with Crippen LogP contribution in [0.5, 0.6) is 0 Å². The van der Waals surface area contributed by atoms with Crippen molar-refractivity contribution in [3.63, 3.8) is 0 Å². The highest BCUT2D eigenvalue weighted by Crippen LogP contribution is 2.24. The molecule has 3 rings (SSSR count). The van der Waals surface area contributed by atoms with Gasteiger partial charge in [-0.05, 0) is 30.7 Å². The van der Waals surface area contributed by atoms with Crippen LogP contribution in [0.25, 0.3) is 10.9 Å². The van der Waals surface area contributed by atoms with E-state index >= 15 is 0 Å². The van der Waals surface area contributed by atoms with Gasteiger partial charge >= 0.3 is 0 Å². The van der Waals surface area contributed by atoms with Crippen LogP contribution in [-0.2, 0) is 15.8 Å². The van der Waals surface area contributed by atoms with Crippen molar-refractivity contribution in [2.24, 2.45) is 0 Å². The highest BCUT2D eigenvalue weighted by Gasteiger charge is 2.13. The highest BCUT2D eigenvalue weighted by atomic mass is 32.2. The topological polar surface area (TPSA) is 62.0 Å². The molecule has 3 aromatic rings. The van der Waals surface area contributed by atoms with Gasteiger partial charge in [0.2, 0.25) is 10.0 Å². The lowest BCUT2D eigenvalue weighted by Crippen LogP contribution is -2.15. The standard InChI is InChI=1S/C16H16N2O2S/c1-12-4-2-5-13(10-12)11-21(19,20)18-16-7-3-6-15-14(16)8-9-17-15/h2-10,17-18H,11H2,1H3. The van der Waals surface area contributed by atoms with Crippen molar-refractivity contribution in [1.29, 1.82) is 0 Å². The van der Waals surface area contributed by atoms with Crippen LogP contribution in [0.15, 0.2) is 54.7 Å². The summed E-state index contributed by atoms with van der Waals surface area (Å²) in [5, 5.41) is 0.866. The second kappa shape index (κ2) is 5.26. The predicted molar refractivity (Wildman–Crippen MR) is 85.7 cm³/mol. The lowest BCUT2D eigenvalue weighted by molar-refractivity contribution is 0.600. The van der Waals surface area contributed by atoms with Crippen molar-refractivity contribution < 1.29 is 8.42 Å². The molecule has 0 amide bonds. The lowest BCUT2D eigenvalue weighted by atomic mass is 10.2. The molecule has 0 bridgehead atoms. The maximum Gasteiger partial charge on any atom is 0.236 e. The first-order valence-electron chi connectivity index (χ1n) is 6.66. The van der Waals surface area contributed by atoms with E-state index in [1.807, 2.05) is 49.4 Å². The molecule has 1 heterocycles. The molecule has 108 valence electrons. The summed E-state index contributed by atoms with van der Waals surface area (Å²) in [6, 6.07) is 14.9. The summed E-state index contributed by atoms with van der Waals surface area (Å²) in [6.45, 7) is 1.95. The maximum absolute atomic E-state index is 12.3. The number of rotatable bonds is 4. The molecule has 1 aromatic heterocycles. The molecule has 2 N–H and O–H groups in total. The zero-order valence-electron chi connectivity index (χ0n) is 11.6. The van der Waals surface area contributed by atoms with Gasteiger partial charge in [0.15, 0.2) is 0 Å². The Morgan fingerprint density at radius 3 is 2.71 bits per heavy atom. The number of nitrogens with one attached hydrogen (secondary N) is 2. The van der Waals surface area contributed by atoms with Crippen LogP contribution in [0.1, 0.15) is 11.1 Å². The monoisotopic (exact) mass is 300 g/mol. The smallest absolute Gasteiger partial charge is 0.236 e. The van der Waals surface area contributed by atoms with Crippen molar-refractivity contribution in [2.75, 3.05) is 4.72 Å². The van der Waals surface area contributed by atoms with Crippen molar-refractivity contribution in [1.82, 2.24) is 4.98 Å². The Bertz CT molecular complexity index is 882. The second-order valence-electron chi connectivity index (χ2n) is 5.09. The summed E-state index contributed by atoms with van der Waals surface area (Å²) in [7, 11) is -3.44. The van der Waals surface area contributed by atoms with Gasteiger partial charge < -0.3 is 4.98 Å². The van der Waals surface area contributed by atoms with Crippen LogP contribution in [0, 0.1) is 6.92 Å². The minimum absolute atomic E-state index is 0.0323. The molecule has 0 radical (unpaired) electrons. The Kier molecular flexibility index (Phi) is 3.43. The number of aromatic nitrogens is 1. The fourth-order valence-corrected chi connectivity index (χ4v) is 3.60. The summed E-state index contributed by atoms with van der Waals surface area (Å²) in [6.07, 6.45) is 1.79. The highest BCUT2D eigenvalue weighted by molar-refractivity contribution is 7.91. The molecular formula is C16H16N2O2S.